The summed E-state index contributed by atoms with van der Waals surface area (Å²) in [6, 6.07) is 22.4. The minimum absolute atomic E-state index is 0.0793. The molecule has 0 amide bonds. The topological polar surface area (TPSA) is 112 Å². The Morgan fingerprint density at radius 2 is 1.86 bits per heavy atom. The molecule has 3 aliphatic rings. The fourth-order valence-electron chi connectivity index (χ4n) is 5.62. The number of nitrogens with zero attached hydrogens (tertiary/aromatic N) is 4. The number of hydrogen-bond donors (Lipinski definition) is 4. The van der Waals surface area contributed by atoms with E-state index in [1.807, 2.05) is 47.6 Å². The van der Waals surface area contributed by atoms with E-state index in [0.717, 1.165) is 24.8 Å². The molecule has 4 N–H and O–H groups in total. The lowest BCUT2D eigenvalue weighted by Gasteiger charge is -2.24. The number of anilines is 2. The van der Waals surface area contributed by atoms with Gasteiger partial charge in [0.1, 0.15) is 11.9 Å². The molecule has 0 bridgehead atoms. The van der Waals surface area contributed by atoms with Gasteiger partial charge in [-0.25, -0.2) is 4.39 Å². The van der Waals surface area contributed by atoms with E-state index in [-0.39, 0.29) is 17.9 Å². The standard InChI is InChI=1S/C33H28ClFN8/c34-28-14-24(39-32(20-6-8-23(35)9-7-20)29-18-43(42-41-29)25-10-11-25)13-27-31(22(16-37)17-38-33(27)28)40-30(26-12-21(26)15-36)19-4-2-1-3-5-19/h1-9,13-14,17-18,21,25-26,30,32,39,41-42H,10-12H2,(H,38,40)/t21-,26+,30-,32+/m0/s1/i32D. The van der Waals surface area contributed by atoms with E-state index in [9.17, 15) is 16.3 Å². The molecule has 8 nitrogen and oxygen atoms in total. The van der Waals surface area contributed by atoms with Gasteiger partial charge in [0.2, 0.25) is 0 Å². The molecule has 0 unspecified atom stereocenters. The van der Waals surface area contributed by atoms with Gasteiger partial charge in [0.25, 0.3) is 0 Å². The van der Waals surface area contributed by atoms with Crippen molar-refractivity contribution in [3.8, 4) is 12.1 Å². The van der Waals surface area contributed by atoms with Crippen LogP contribution in [0.2, 0.25) is 5.02 Å². The Balaban J connectivity index is 1.32. The number of rotatable bonds is 9. The molecule has 1 aliphatic heterocycles. The summed E-state index contributed by atoms with van der Waals surface area (Å²) in [6.07, 6.45) is 6.22. The molecule has 10 heteroatoms. The van der Waals surface area contributed by atoms with Gasteiger partial charge in [-0.1, -0.05) is 54.1 Å². The molecule has 2 fully saturated rings. The van der Waals surface area contributed by atoms with Gasteiger partial charge in [0.05, 0.1) is 52.9 Å². The number of nitrogens with one attached hydrogen (secondary N) is 4. The molecule has 7 rings (SSSR count). The molecule has 43 heavy (non-hydrogen) atoms. The monoisotopic (exact) mass is 591 g/mol. The summed E-state index contributed by atoms with van der Waals surface area (Å²) in [6.45, 7) is 0. The van der Waals surface area contributed by atoms with Crippen molar-refractivity contribution in [2.45, 2.75) is 37.4 Å². The van der Waals surface area contributed by atoms with Crippen LogP contribution in [-0.2, 0) is 0 Å². The Morgan fingerprint density at radius 3 is 2.56 bits per heavy atom. The molecule has 0 radical (unpaired) electrons. The Labute approximate surface area is 255 Å². The minimum Gasteiger partial charge on any atom is -0.376 e. The first-order valence-electron chi connectivity index (χ1n) is 14.7. The van der Waals surface area contributed by atoms with Crippen LogP contribution in [0.5, 0.6) is 0 Å². The van der Waals surface area contributed by atoms with E-state index in [1.165, 1.54) is 18.3 Å². The second-order valence-electron chi connectivity index (χ2n) is 11.1. The third-order valence-electron chi connectivity index (χ3n) is 8.14. The quantitative estimate of drug-likeness (QED) is 0.170. The number of pyridine rings is 1. The lowest BCUT2D eigenvalue weighted by Crippen LogP contribution is -2.38. The van der Waals surface area contributed by atoms with Gasteiger partial charge in [-0.15, -0.1) is 5.53 Å². The number of aromatic nitrogens is 1. The van der Waals surface area contributed by atoms with Crippen LogP contribution in [0, 0.1) is 40.3 Å². The second kappa shape index (κ2) is 11.1. The summed E-state index contributed by atoms with van der Waals surface area (Å²) < 4.78 is 23.6. The molecule has 2 aliphatic carbocycles. The molecule has 3 aromatic carbocycles. The van der Waals surface area contributed by atoms with Crippen molar-refractivity contribution in [1.29, 1.82) is 10.5 Å². The molecule has 4 aromatic rings. The maximum atomic E-state index is 13.9. The SMILES string of the molecule is [2H][C@](Nc1cc(Cl)c2ncc(C#N)c(N[C@@H](c3ccccc3)[C@@H]3C[C@H]3C#N)c2c1)(C1=CN(C2CC2)NN1)c1ccc(F)cc1. The molecule has 214 valence electrons. The first kappa shape index (κ1) is 25.8. The highest BCUT2D eigenvalue weighted by Gasteiger charge is 2.44. The van der Waals surface area contributed by atoms with Crippen molar-refractivity contribution in [2.75, 3.05) is 10.6 Å². The molecular formula is C33H28ClFN8. The summed E-state index contributed by atoms with van der Waals surface area (Å²) in [7, 11) is 0. The van der Waals surface area contributed by atoms with Gasteiger partial charge in [-0.3, -0.25) is 9.99 Å². The van der Waals surface area contributed by atoms with E-state index < -0.39 is 11.8 Å². The zero-order chi connectivity index (χ0) is 30.4. The first-order valence-corrected chi connectivity index (χ1v) is 14.6. The van der Waals surface area contributed by atoms with Gasteiger partial charge in [0, 0.05) is 35.4 Å². The van der Waals surface area contributed by atoms with Crippen molar-refractivity contribution in [2.24, 2.45) is 11.8 Å². The van der Waals surface area contributed by atoms with Crippen molar-refractivity contribution >= 4 is 33.9 Å². The lowest BCUT2D eigenvalue weighted by molar-refractivity contribution is 0.260. The van der Waals surface area contributed by atoms with Crippen LogP contribution in [0.4, 0.5) is 15.8 Å². The van der Waals surface area contributed by atoms with Crippen molar-refractivity contribution in [3.63, 3.8) is 0 Å². The van der Waals surface area contributed by atoms with Gasteiger partial charge in [-0.05, 0) is 54.7 Å². The predicted octanol–water partition coefficient (Wildman–Crippen LogP) is 6.69. The van der Waals surface area contributed by atoms with Crippen LogP contribution in [0.3, 0.4) is 0 Å². The van der Waals surface area contributed by atoms with Crippen molar-refractivity contribution < 1.29 is 5.76 Å². The maximum absolute atomic E-state index is 13.9. The number of nitriles is 2. The third kappa shape index (κ3) is 5.41. The van der Waals surface area contributed by atoms with Gasteiger partial charge < -0.3 is 16.1 Å². The van der Waals surface area contributed by atoms with Crippen LogP contribution in [-0.4, -0.2) is 16.0 Å². The highest BCUT2D eigenvalue weighted by molar-refractivity contribution is 6.35. The summed E-state index contributed by atoms with van der Waals surface area (Å²) in [5.74, 6) is -0.401. The van der Waals surface area contributed by atoms with Crippen LogP contribution < -0.4 is 21.6 Å². The largest absolute Gasteiger partial charge is 0.376 e. The second-order valence-corrected chi connectivity index (χ2v) is 11.5. The van der Waals surface area contributed by atoms with E-state index in [2.05, 4.69) is 38.7 Å². The summed E-state index contributed by atoms with van der Waals surface area (Å²) >= 11 is 6.81. The third-order valence-corrected chi connectivity index (χ3v) is 8.43. The van der Waals surface area contributed by atoms with E-state index in [4.69, 9.17) is 11.6 Å². The Morgan fingerprint density at radius 1 is 1.07 bits per heavy atom. The number of hydrogen-bond acceptors (Lipinski definition) is 8. The Kier molecular flexibility index (Phi) is 6.68. The highest BCUT2D eigenvalue weighted by Crippen LogP contribution is 2.49. The molecule has 2 heterocycles. The summed E-state index contributed by atoms with van der Waals surface area (Å²) in [5.41, 5.74) is 10.2. The van der Waals surface area contributed by atoms with Gasteiger partial charge in [0.15, 0.2) is 0 Å². The molecule has 2 saturated carbocycles. The number of halogens is 2. The van der Waals surface area contributed by atoms with Crippen molar-refractivity contribution in [3.05, 3.63) is 112 Å². The fourth-order valence-corrected chi connectivity index (χ4v) is 5.89. The molecule has 4 atom stereocenters. The smallest absolute Gasteiger partial charge is 0.123 e. The molecule has 0 saturated heterocycles. The summed E-state index contributed by atoms with van der Waals surface area (Å²) in [4.78, 5) is 4.50. The molecular weight excluding hydrogens is 563 g/mol. The van der Waals surface area contributed by atoms with E-state index >= 15 is 0 Å². The van der Waals surface area contributed by atoms with Crippen LogP contribution in [0.25, 0.3) is 10.9 Å². The Hall–Kier alpha value is -4.83. The molecule has 0 spiro atoms. The number of fused-ring (bicyclic) bond motifs is 1. The van der Waals surface area contributed by atoms with Crippen LogP contribution >= 0.6 is 11.6 Å². The fraction of sp³-hybridized carbons (Fsp3) is 0.242. The van der Waals surface area contributed by atoms with E-state index in [1.54, 1.807) is 18.2 Å². The maximum Gasteiger partial charge on any atom is 0.123 e. The normalized spacial score (nSPS) is 21.4. The summed E-state index contributed by atoms with van der Waals surface area (Å²) in [5, 5.41) is 29.5. The number of benzene rings is 3. The zero-order valence-corrected chi connectivity index (χ0v) is 23.7. The average Bonchev–Trinajstić information content (AvgIpc) is 3.98. The van der Waals surface area contributed by atoms with Crippen molar-refractivity contribution in [1.82, 2.24) is 21.0 Å². The van der Waals surface area contributed by atoms with Crippen LogP contribution in [0.15, 0.2) is 84.8 Å². The number of hydrazine groups is 2. The first-order chi connectivity index (χ1) is 21.4. The lowest BCUT2D eigenvalue weighted by atomic mass is 9.99. The van der Waals surface area contributed by atoms with E-state index in [0.29, 0.717) is 50.2 Å². The van der Waals surface area contributed by atoms with Gasteiger partial charge >= 0.3 is 0 Å². The highest BCUT2D eigenvalue weighted by atomic mass is 35.5. The zero-order valence-electron chi connectivity index (χ0n) is 24.0. The van der Waals surface area contributed by atoms with Gasteiger partial charge in [-0.2, -0.15) is 10.5 Å². The average molecular weight is 592 g/mol. The predicted molar refractivity (Wildman–Crippen MR) is 163 cm³/mol. The Bertz CT molecular complexity index is 1850. The van der Waals surface area contributed by atoms with Crippen LogP contribution in [0.1, 0.15) is 49.4 Å². The minimum atomic E-state index is -1.56. The molecule has 1 aromatic heterocycles.